The van der Waals surface area contributed by atoms with Crippen LogP contribution in [0.5, 0.6) is 0 Å². The summed E-state index contributed by atoms with van der Waals surface area (Å²) in [7, 11) is 0. The fourth-order valence-corrected chi connectivity index (χ4v) is 4.60. The molecule has 0 spiro atoms. The molecule has 0 nitrogen and oxygen atoms in total. The van der Waals surface area contributed by atoms with Gasteiger partial charge in [0.1, 0.15) is 0 Å². The summed E-state index contributed by atoms with van der Waals surface area (Å²) in [5, 5.41) is 12.4. The van der Waals surface area contributed by atoms with E-state index in [1.165, 1.54) is 6.42 Å². The normalized spacial score (nSPS) is 19.1. The van der Waals surface area contributed by atoms with Crippen molar-refractivity contribution < 1.29 is 14.0 Å². The van der Waals surface area contributed by atoms with Gasteiger partial charge >= 0.3 is 68.7 Å². The van der Waals surface area contributed by atoms with Gasteiger partial charge in [-0.1, -0.05) is 0 Å². The number of rotatable bonds is 1. The zero-order chi connectivity index (χ0) is 8.81. The predicted molar refractivity (Wildman–Crippen MR) is 82.1 cm³/mol. The average Bonchev–Trinajstić information content (AvgIpc) is 2.01. The molecule has 0 heterocycles. The van der Waals surface area contributed by atoms with Gasteiger partial charge in [-0.05, 0) is 0 Å². The summed E-state index contributed by atoms with van der Waals surface area (Å²) in [4.78, 5) is 0. The van der Waals surface area contributed by atoms with E-state index in [4.69, 9.17) is 0 Å². The first-order chi connectivity index (χ1) is 4.59. The molecule has 0 unspecified atom stereocenters. The molecule has 0 fully saturated rings. The topological polar surface area (TPSA) is 0 Å². The molecule has 0 saturated heterocycles. The molecule has 1 rings (SSSR count). The molecule has 1 aliphatic carbocycles. The van der Waals surface area contributed by atoms with Crippen molar-refractivity contribution in [1.29, 1.82) is 0 Å². The van der Waals surface area contributed by atoms with E-state index in [1.54, 1.807) is 3.88 Å². The Morgan fingerprint density at radius 2 is 1.36 bits per heavy atom. The van der Waals surface area contributed by atoms with Crippen molar-refractivity contribution in [2.24, 2.45) is 0 Å². The molecule has 0 bridgehead atoms. The van der Waals surface area contributed by atoms with Gasteiger partial charge in [0, 0.05) is 0 Å². The maximum atomic E-state index is 2.48. The minimum absolute atomic E-state index is 0. The van der Waals surface area contributed by atoms with E-state index in [1.807, 2.05) is 0 Å². The number of hydrogen-bond acceptors (Lipinski definition) is 0. The molecule has 0 N–H and O–H groups in total. The summed E-state index contributed by atoms with van der Waals surface area (Å²) in [6, 6.07) is 0. The zero-order valence-electron chi connectivity index (χ0n) is 9.66. The Hall–Kier alpha value is 1.63. The molecule has 0 amide bonds. The van der Waals surface area contributed by atoms with Crippen LogP contribution in [-0.2, 0) is 14.0 Å². The van der Waals surface area contributed by atoms with Gasteiger partial charge in [-0.2, -0.15) is 0 Å². The third-order valence-corrected chi connectivity index (χ3v) is 7.97. The Labute approximate surface area is 118 Å². The van der Waals surface area contributed by atoms with Gasteiger partial charge in [0.25, 0.3) is 0 Å². The third kappa shape index (κ3) is 6.27. The molecule has 0 atom stereocenters. The van der Waals surface area contributed by atoms with Crippen LogP contribution in [0.2, 0.25) is 26.1 Å². The first-order valence-corrected chi connectivity index (χ1v) is 13.1. The second kappa shape index (κ2) is 4.87. The van der Waals surface area contributed by atoms with Gasteiger partial charge in [0.05, 0.1) is 0 Å². The van der Waals surface area contributed by atoms with Gasteiger partial charge in [-0.3, -0.25) is 0 Å². The van der Waals surface area contributed by atoms with Crippen LogP contribution in [0.3, 0.4) is 0 Å². The summed E-state index contributed by atoms with van der Waals surface area (Å²) >= 11 is -2.61. The molecule has 0 aliphatic heterocycles. The molecule has 88 valence electrons. The van der Waals surface area contributed by atoms with E-state index in [0.29, 0.717) is 0 Å². The van der Waals surface area contributed by atoms with Crippen LogP contribution in [0.1, 0.15) is 6.42 Å². The Bertz CT molecular complexity index is 242. The Morgan fingerprint density at radius 1 is 0.929 bits per heavy atom. The minimum atomic E-state index is -2.61. The van der Waals surface area contributed by atoms with Crippen molar-refractivity contribution in [2.75, 3.05) is 0 Å². The Balaban J connectivity index is -0.000000403. The Kier molecular flexibility index (Phi) is 7.30. The molecule has 14 heavy (non-hydrogen) atoms. The first kappa shape index (κ1) is 21.0. The van der Waals surface area contributed by atoms with E-state index < -0.39 is 14.0 Å². The van der Waals surface area contributed by atoms with Crippen molar-refractivity contribution in [3.05, 3.63) is 22.1 Å². The van der Waals surface area contributed by atoms with Crippen LogP contribution >= 0.6 is 50.9 Å². The van der Waals surface area contributed by atoms with Crippen LogP contribution in [0.25, 0.3) is 0 Å². The van der Waals surface area contributed by atoms with Gasteiger partial charge < -0.3 is 0 Å². The zero-order valence-corrected chi connectivity index (χ0v) is 16.4. The molecular formula is C10H23Br3Ti. The van der Waals surface area contributed by atoms with E-state index in [-0.39, 0.29) is 50.9 Å². The van der Waals surface area contributed by atoms with Crippen molar-refractivity contribution in [1.82, 2.24) is 0 Å². The van der Waals surface area contributed by atoms with Gasteiger partial charge in [-0.25, -0.2) is 0 Å². The monoisotopic (exact) mass is 428 g/mol. The molecule has 0 aromatic rings. The van der Waals surface area contributed by atoms with Crippen molar-refractivity contribution >= 4 is 50.9 Å². The maximum absolute atomic E-state index is 2.61. The van der Waals surface area contributed by atoms with Gasteiger partial charge in [0.2, 0.25) is 0 Å². The molecule has 1 aliphatic rings. The third-order valence-electron chi connectivity index (χ3n) is 2.38. The predicted octanol–water partition coefficient (Wildman–Crippen LogP) is 6.03. The summed E-state index contributed by atoms with van der Waals surface area (Å²) in [5.41, 5.74) is 0. The van der Waals surface area contributed by atoms with Crippen LogP contribution < -0.4 is 0 Å². The number of hydrogen-bond donors (Lipinski definition) is 0. The fraction of sp³-hybridized carbons (Fsp3) is 0.600. The van der Waals surface area contributed by atoms with Gasteiger partial charge in [0.15, 0.2) is 0 Å². The second-order valence-corrected chi connectivity index (χ2v) is 28.1. The first-order valence-electron chi connectivity index (χ1n) is 4.47. The van der Waals surface area contributed by atoms with Crippen LogP contribution in [0.4, 0.5) is 0 Å². The summed E-state index contributed by atoms with van der Waals surface area (Å²) in [5.74, 6) is 0. The second-order valence-electron chi connectivity index (χ2n) is 7.57. The van der Waals surface area contributed by atoms with Crippen LogP contribution in [0, 0.1) is 0 Å². The van der Waals surface area contributed by atoms with Crippen molar-refractivity contribution in [2.45, 2.75) is 32.6 Å². The summed E-state index contributed by atoms with van der Waals surface area (Å²) in [6.07, 6.45) is 7.98. The molecule has 0 saturated carbocycles. The molecule has 0 aromatic heterocycles. The van der Waals surface area contributed by atoms with Crippen LogP contribution in [0.15, 0.2) is 22.1 Å². The van der Waals surface area contributed by atoms with Crippen LogP contribution in [-0.4, -0.2) is 0 Å². The summed E-state index contributed by atoms with van der Waals surface area (Å²) in [6.45, 7) is 0. The Morgan fingerprint density at radius 3 is 1.50 bits per heavy atom. The van der Waals surface area contributed by atoms with E-state index in [9.17, 15) is 0 Å². The number of halogens is 3. The average molecular weight is 431 g/mol. The quantitative estimate of drug-likeness (QED) is 0.445. The standard InChI is InChI=1S/C5H5.5CH3.3BrH.Ti/c1-2-4-5-3-1;;;;;;;;;/h1-3H,4H2;5*1H3;3*1H;. The molecular weight excluding hydrogens is 408 g/mol. The van der Waals surface area contributed by atoms with Gasteiger partial charge in [-0.15, -0.1) is 50.9 Å². The summed E-state index contributed by atoms with van der Waals surface area (Å²) < 4.78 is 1.70. The van der Waals surface area contributed by atoms with E-state index in [0.717, 1.165) is 0 Å². The van der Waals surface area contributed by atoms with E-state index in [2.05, 4.69) is 44.4 Å². The molecule has 4 heteroatoms. The molecule has 0 radical (unpaired) electrons. The van der Waals surface area contributed by atoms with Crippen molar-refractivity contribution in [3.63, 3.8) is 0 Å². The SMILES string of the molecule is Br.Br.Br.[CH3][Ti]([CH3])([CH3])([CH3])([CH3])[C]1=CC=CC1. The fourth-order valence-electron chi connectivity index (χ4n) is 1.37. The van der Waals surface area contributed by atoms with E-state index >= 15 is 0 Å². The number of allylic oxidation sites excluding steroid dienone is 4. The molecule has 0 aromatic carbocycles. The van der Waals surface area contributed by atoms with Crippen molar-refractivity contribution in [3.8, 4) is 0 Å².